The van der Waals surface area contributed by atoms with Gasteiger partial charge < -0.3 is 29.9 Å². The van der Waals surface area contributed by atoms with Crippen molar-refractivity contribution in [3.63, 3.8) is 0 Å². The molecule has 4 aromatic rings. The van der Waals surface area contributed by atoms with Gasteiger partial charge in [0.25, 0.3) is 5.91 Å². The highest BCUT2D eigenvalue weighted by molar-refractivity contribution is 6.05. The summed E-state index contributed by atoms with van der Waals surface area (Å²) < 4.78 is 11.6. The number of hydrogen-bond donors (Lipinski definition) is 3. The van der Waals surface area contributed by atoms with Crippen LogP contribution in [-0.2, 0) is 16.0 Å². The lowest BCUT2D eigenvalue weighted by molar-refractivity contribution is -0.145. The van der Waals surface area contributed by atoms with Gasteiger partial charge in [0.1, 0.15) is 5.75 Å². The molecule has 1 atom stereocenters. The van der Waals surface area contributed by atoms with Gasteiger partial charge in [0.15, 0.2) is 5.75 Å². The summed E-state index contributed by atoms with van der Waals surface area (Å²) in [5, 5.41) is 23.8. The number of rotatable bonds is 11. The molecule has 210 valence electrons. The number of nitrogens with zero attached hydrogens (tertiary/aromatic N) is 1. The molecule has 3 N–H and O–H groups in total. The normalized spacial score (nSPS) is 14.1. The van der Waals surface area contributed by atoms with E-state index in [-0.39, 0.29) is 24.6 Å². The smallest absolute Gasteiger partial charge is 0.346 e. The first kappa shape index (κ1) is 27.5. The van der Waals surface area contributed by atoms with E-state index in [1.54, 1.807) is 47.4 Å². The summed E-state index contributed by atoms with van der Waals surface area (Å²) in [6.07, 6.45) is -0.105. The number of benzene rings is 4. The summed E-state index contributed by atoms with van der Waals surface area (Å²) in [4.78, 5) is 37.5. The Hall–Kier alpha value is -5.05. The highest BCUT2D eigenvalue weighted by atomic mass is 16.5. The van der Waals surface area contributed by atoms with Crippen LogP contribution in [0, 0.1) is 0 Å². The molecule has 0 radical (unpaired) electrons. The van der Waals surface area contributed by atoms with Gasteiger partial charge in [-0.25, -0.2) is 4.79 Å². The molecule has 1 aliphatic heterocycles. The van der Waals surface area contributed by atoms with Gasteiger partial charge in [0, 0.05) is 24.9 Å². The fraction of sp³-hybridized carbons (Fsp3) is 0.219. The molecule has 0 aliphatic carbocycles. The monoisotopic (exact) mass is 554 g/mol. The number of amides is 1. The molecule has 0 saturated heterocycles. The summed E-state index contributed by atoms with van der Waals surface area (Å²) in [5.74, 6) is -1.57. The fourth-order valence-corrected chi connectivity index (χ4v) is 4.81. The van der Waals surface area contributed by atoms with Crippen LogP contribution in [0.1, 0.15) is 28.8 Å². The Bertz CT molecular complexity index is 1570. The number of hydrogen-bond acceptors (Lipinski definition) is 6. The van der Waals surface area contributed by atoms with Crippen molar-refractivity contribution < 1.29 is 34.1 Å². The first-order chi connectivity index (χ1) is 19.9. The molecular formula is C32H30N2O7. The standard InChI is InChI=1S/C32H30N2O7/c35-29(36)9-4-17-34-20-28(32(38)39)41-30-26(7-3-8-27(30)34)33-31(37)23-12-14-25(15-13-23)40-18-16-21-10-11-22-5-1-2-6-24(22)19-21/h1-3,5-8,10-15,19,28H,4,9,16-18,20H2,(H,33,37)(H,35,36)(H,38,39). The van der Waals surface area contributed by atoms with Gasteiger partial charge in [-0.15, -0.1) is 0 Å². The molecule has 0 bridgehead atoms. The molecule has 0 saturated carbocycles. The van der Waals surface area contributed by atoms with Gasteiger partial charge >= 0.3 is 11.9 Å². The molecule has 0 aromatic heterocycles. The van der Waals surface area contributed by atoms with Crippen LogP contribution in [0.25, 0.3) is 10.8 Å². The zero-order valence-electron chi connectivity index (χ0n) is 22.3. The van der Waals surface area contributed by atoms with E-state index in [2.05, 4.69) is 35.6 Å². The van der Waals surface area contributed by atoms with Crippen LogP contribution in [0.4, 0.5) is 11.4 Å². The summed E-state index contributed by atoms with van der Waals surface area (Å²) in [6, 6.07) is 26.5. The van der Waals surface area contributed by atoms with Crippen LogP contribution in [0.2, 0.25) is 0 Å². The third-order valence-corrected chi connectivity index (χ3v) is 6.91. The lowest BCUT2D eigenvalue weighted by Gasteiger charge is -2.35. The van der Waals surface area contributed by atoms with Gasteiger partial charge in [0.05, 0.1) is 24.5 Å². The predicted octanol–water partition coefficient (Wildman–Crippen LogP) is 5.23. The molecule has 0 fully saturated rings. The minimum Gasteiger partial charge on any atom is -0.493 e. The lowest BCUT2D eigenvalue weighted by atomic mass is 10.1. The number of aliphatic carboxylic acids is 2. The van der Waals surface area contributed by atoms with Gasteiger partial charge in [-0.1, -0.05) is 48.5 Å². The van der Waals surface area contributed by atoms with Crippen molar-refractivity contribution >= 4 is 40.0 Å². The van der Waals surface area contributed by atoms with E-state index in [0.29, 0.717) is 42.3 Å². The van der Waals surface area contributed by atoms with E-state index in [9.17, 15) is 19.5 Å². The molecule has 9 nitrogen and oxygen atoms in total. The molecule has 1 amide bonds. The first-order valence-electron chi connectivity index (χ1n) is 13.4. The van der Waals surface area contributed by atoms with Crippen molar-refractivity contribution in [1.82, 2.24) is 0 Å². The number of carboxylic acids is 2. The predicted molar refractivity (Wildman–Crippen MR) is 155 cm³/mol. The average molecular weight is 555 g/mol. The molecule has 41 heavy (non-hydrogen) atoms. The second-order valence-electron chi connectivity index (χ2n) is 9.80. The Kier molecular flexibility index (Phi) is 8.34. The number of nitrogens with one attached hydrogen (secondary N) is 1. The van der Waals surface area contributed by atoms with E-state index in [1.165, 1.54) is 16.3 Å². The molecule has 0 spiro atoms. The van der Waals surface area contributed by atoms with E-state index in [0.717, 1.165) is 6.42 Å². The Morgan fingerprint density at radius 1 is 0.927 bits per heavy atom. The maximum absolute atomic E-state index is 13.1. The Morgan fingerprint density at radius 2 is 1.71 bits per heavy atom. The number of ether oxygens (including phenoxy) is 2. The minimum atomic E-state index is -1.16. The molecule has 4 aromatic carbocycles. The zero-order valence-corrected chi connectivity index (χ0v) is 22.3. The first-order valence-corrected chi connectivity index (χ1v) is 13.4. The van der Waals surface area contributed by atoms with Crippen LogP contribution in [0.5, 0.6) is 11.5 Å². The molecule has 1 heterocycles. The fourth-order valence-electron chi connectivity index (χ4n) is 4.81. The van der Waals surface area contributed by atoms with Crippen LogP contribution in [0.3, 0.4) is 0 Å². The SMILES string of the molecule is O=C(O)CCCN1CC(C(=O)O)Oc2c(NC(=O)c3ccc(OCCc4ccc5ccccc5c4)cc3)cccc21. The number of fused-ring (bicyclic) bond motifs is 2. The molecule has 9 heteroatoms. The maximum Gasteiger partial charge on any atom is 0.346 e. The second kappa shape index (κ2) is 12.4. The number of para-hydroxylation sites is 1. The van der Waals surface area contributed by atoms with E-state index in [1.807, 2.05) is 12.1 Å². The van der Waals surface area contributed by atoms with Gasteiger partial charge in [-0.2, -0.15) is 0 Å². The average Bonchev–Trinajstić information content (AvgIpc) is 2.97. The van der Waals surface area contributed by atoms with Crippen LogP contribution in [0.15, 0.2) is 84.9 Å². The Balaban J connectivity index is 1.22. The number of carboxylic acid groups (broad SMARTS) is 2. The van der Waals surface area contributed by atoms with E-state index < -0.39 is 18.0 Å². The van der Waals surface area contributed by atoms with Crippen LogP contribution < -0.4 is 19.7 Å². The molecular weight excluding hydrogens is 524 g/mol. The summed E-state index contributed by atoms with van der Waals surface area (Å²) in [7, 11) is 0. The van der Waals surface area contributed by atoms with Crippen molar-refractivity contribution in [2.24, 2.45) is 0 Å². The third kappa shape index (κ3) is 6.75. The summed E-state index contributed by atoms with van der Waals surface area (Å²) in [5.41, 5.74) is 2.50. The lowest BCUT2D eigenvalue weighted by Crippen LogP contribution is -2.45. The van der Waals surface area contributed by atoms with Gasteiger partial charge in [-0.05, 0) is 59.2 Å². The molecule has 1 unspecified atom stereocenters. The van der Waals surface area contributed by atoms with Crippen molar-refractivity contribution in [2.75, 3.05) is 29.9 Å². The zero-order chi connectivity index (χ0) is 28.8. The molecule has 5 rings (SSSR count). The number of carbonyl (C=O) groups excluding carboxylic acids is 1. The minimum absolute atomic E-state index is 0.0377. The van der Waals surface area contributed by atoms with E-state index in [4.69, 9.17) is 14.6 Å². The topological polar surface area (TPSA) is 125 Å². The highest BCUT2D eigenvalue weighted by Crippen LogP contribution is 2.40. The Labute approximate surface area is 236 Å². The van der Waals surface area contributed by atoms with Gasteiger partial charge in [0.2, 0.25) is 6.10 Å². The van der Waals surface area contributed by atoms with Gasteiger partial charge in [-0.3, -0.25) is 9.59 Å². The third-order valence-electron chi connectivity index (χ3n) is 6.91. The maximum atomic E-state index is 13.1. The van der Waals surface area contributed by atoms with Crippen LogP contribution in [-0.4, -0.2) is 53.9 Å². The van der Waals surface area contributed by atoms with Crippen molar-refractivity contribution in [3.05, 3.63) is 96.1 Å². The number of carbonyl (C=O) groups is 3. The van der Waals surface area contributed by atoms with Crippen molar-refractivity contribution in [2.45, 2.75) is 25.4 Å². The highest BCUT2D eigenvalue weighted by Gasteiger charge is 2.32. The number of anilines is 2. The van der Waals surface area contributed by atoms with E-state index >= 15 is 0 Å². The van der Waals surface area contributed by atoms with Crippen LogP contribution >= 0.6 is 0 Å². The Morgan fingerprint density at radius 3 is 2.46 bits per heavy atom. The summed E-state index contributed by atoms with van der Waals surface area (Å²) in [6.45, 7) is 0.902. The summed E-state index contributed by atoms with van der Waals surface area (Å²) >= 11 is 0. The molecule has 1 aliphatic rings. The quantitative estimate of drug-likeness (QED) is 0.230. The largest absolute Gasteiger partial charge is 0.493 e. The van der Waals surface area contributed by atoms with Crippen molar-refractivity contribution in [1.29, 1.82) is 0 Å². The van der Waals surface area contributed by atoms with Crippen molar-refractivity contribution in [3.8, 4) is 11.5 Å². The second-order valence-corrected chi connectivity index (χ2v) is 9.80.